The zero-order valence-electron chi connectivity index (χ0n) is 14.2. The van der Waals surface area contributed by atoms with Gasteiger partial charge < -0.3 is 4.74 Å². The van der Waals surface area contributed by atoms with Crippen LogP contribution >= 0.6 is 23.2 Å². The van der Waals surface area contributed by atoms with Crippen LogP contribution in [0.15, 0.2) is 47.6 Å². The fourth-order valence-corrected chi connectivity index (χ4v) is 3.82. The van der Waals surface area contributed by atoms with Crippen LogP contribution in [0.25, 0.3) is 0 Å². The van der Waals surface area contributed by atoms with E-state index in [4.69, 9.17) is 33.0 Å². The maximum absolute atomic E-state index is 6.25. The largest absolute Gasteiger partial charge is 0.469 e. The molecule has 25 heavy (non-hydrogen) atoms. The zero-order chi connectivity index (χ0) is 17.6. The molecule has 2 unspecified atom stereocenters. The van der Waals surface area contributed by atoms with Crippen LogP contribution in [0.3, 0.4) is 0 Å². The molecule has 0 aliphatic carbocycles. The summed E-state index contributed by atoms with van der Waals surface area (Å²) in [6, 6.07) is 13.9. The predicted octanol–water partition coefficient (Wildman–Crippen LogP) is 5.91. The number of hydrogen-bond donors (Lipinski definition) is 0. The molecule has 0 aromatic heterocycles. The quantitative estimate of drug-likeness (QED) is 0.666. The normalized spacial score (nSPS) is 21.6. The standard InChI is InChI=1S/C20H20Cl2N2O/c1-12(2)9-20-24-18(16-10-15(22)7-8-19(16)25-20)11-17(23-24)13-3-5-14(21)6-4-13/h3-8,10,12,18,20H,9,11H2,1-2H3. The van der Waals surface area contributed by atoms with E-state index in [1.54, 1.807) is 0 Å². The molecule has 2 atom stereocenters. The van der Waals surface area contributed by atoms with Crippen LogP contribution in [0.5, 0.6) is 5.75 Å². The second-order valence-corrected chi connectivity index (χ2v) is 7.91. The molecular weight excluding hydrogens is 355 g/mol. The molecule has 130 valence electrons. The Balaban J connectivity index is 1.72. The molecule has 2 aliphatic rings. The molecule has 0 saturated heterocycles. The third-order valence-electron chi connectivity index (χ3n) is 4.68. The lowest BCUT2D eigenvalue weighted by molar-refractivity contribution is -0.0291. The summed E-state index contributed by atoms with van der Waals surface area (Å²) in [6.07, 6.45) is 1.71. The topological polar surface area (TPSA) is 24.8 Å². The molecule has 0 N–H and O–H groups in total. The molecule has 0 radical (unpaired) electrons. The molecule has 5 heteroatoms. The minimum atomic E-state index is -0.0523. The van der Waals surface area contributed by atoms with Gasteiger partial charge in [0.15, 0.2) is 6.23 Å². The number of hydrazone groups is 1. The highest BCUT2D eigenvalue weighted by atomic mass is 35.5. The Morgan fingerprint density at radius 2 is 1.84 bits per heavy atom. The van der Waals surface area contributed by atoms with Gasteiger partial charge in [-0.25, -0.2) is 0 Å². The van der Waals surface area contributed by atoms with Crippen LogP contribution in [-0.2, 0) is 0 Å². The Morgan fingerprint density at radius 1 is 1.12 bits per heavy atom. The SMILES string of the molecule is CC(C)CC1Oc2ccc(Cl)cc2C2CC(c3ccc(Cl)cc3)=NN12. The van der Waals surface area contributed by atoms with E-state index in [1.807, 2.05) is 42.5 Å². The van der Waals surface area contributed by atoms with E-state index in [0.717, 1.165) is 45.5 Å². The first-order valence-electron chi connectivity index (χ1n) is 8.59. The summed E-state index contributed by atoms with van der Waals surface area (Å²) < 4.78 is 6.25. The highest BCUT2D eigenvalue weighted by Crippen LogP contribution is 2.45. The first-order chi connectivity index (χ1) is 12.0. The van der Waals surface area contributed by atoms with Gasteiger partial charge in [0.05, 0.1) is 11.8 Å². The number of rotatable bonds is 3. The van der Waals surface area contributed by atoms with Crippen LogP contribution in [0.1, 0.15) is 43.9 Å². The van der Waals surface area contributed by atoms with E-state index in [1.165, 1.54) is 0 Å². The molecular formula is C20H20Cl2N2O. The maximum atomic E-state index is 6.25. The Labute approximate surface area is 158 Å². The molecule has 0 bridgehead atoms. The van der Waals surface area contributed by atoms with Gasteiger partial charge in [-0.2, -0.15) is 5.10 Å². The summed E-state index contributed by atoms with van der Waals surface area (Å²) in [6.45, 7) is 4.41. The number of hydrogen-bond acceptors (Lipinski definition) is 3. The molecule has 2 heterocycles. The number of halogens is 2. The van der Waals surface area contributed by atoms with Crippen LogP contribution in [-0.4, -0.2) is 16.9 Å². The summed E-state index contributed by atoms with van der Waals surface area (Å²) in [5, 5.41) is 8.49. The number of fused-ring (bicyclic) bond motifs is 3. The Hall–Kier alpha value is -1.71. The molecule has 3 nitrogen and oxygen atoms in total. The summed E-state index contributed by atoms with van der Waals surface area (Å²) >= 11 is 12.3. The van der Waals surface area contributed by atoms with Gasteiger partial charge in [0, 0.05) is 28.5 Å². The van der Waals surface area contributed by atoms with Gasteiger partial charge in [-0.15, -0.1) is 0 Å². The predicted molar refractivity (Wildman–Crippen MR) is 103 cm³/mol. The highest BCUT2D eigenvalue weighted by molar-refractivity contribution is 6.31. The average molecular weight is 375 g/mol. The Kier molecular flexibility index (Phi) is 4.38. The van der Waals surface area contributed by atoms with Crippen LogP contribution in [0.2, 0.25) is 10.0 Å². The van der Waals surface area contributed by atoms with E-state index in [-0.39, 0.29) is 12.3 Å². The van der Waals surface area contributed by atoms with Crippen molar-refractivity contribution in [2.24, 2.45) is 11.0 Å². The smallest absolute Gasteiger partial charge is 0.188 e. The van der Waals surface area contributed by atoms with Crippen LogP contribution < -0.4 is 4.74 Å². The summed E-state index contributed by atoms with van der Waals surface area (Å²) in [5.41, 5.74) is 3.28. The summed E-state index contributed by atoms with van der Waals surface area (Å²) in [4.78, 5) is 0. The van der Waals surface area contributed by atoms with Gasteiger partial charge in [-0.1, -0.05) is 49.2 Å². The van der Waals surface area contributed by atoms with Crippen LogP contribution in [0.4, 0.5) is 0 Å². The van der Waals surface area contributed by atoms with Gasteiger partial charge in [0.25, 0.3) is 0 Å². The van der Waals surface area contributed by atoms with Crippen molar-refractivity contribution in [2.45, 2.75) is 39.0 Å². The van der Waals surface area contributed by atoms with Crippen molar-refractivity contribution < 1.29 is 4.74 Å². The van der Waals surface area contributed by atoms with Crippen molar-refractivity contribution >= 4 is 28.9 Å². The average Bonchev–Trinajstić information content (AvgIpc) is 3.01. The van der Waals surface area contributed by atoms with E-state index >= 15 is 0 Å². The lowest BCUT2D eigenvalue weighted by Gasteiger charge is -2.38. The number of ether oxygens (including phenoxy) is 1. The van der Waals surface area contributed by atoms with Crippen molar-refractivity contribution in [2.75, 3.05) is 0 Å². The Bertz CT molecular complexity index is 817. The van der Waals surface area contributed by atoms with E-state index in [0.29, 0.717) is 5.92 Å². The lowest BCUT2D eigenvalue weighted by atomic mass is 9.95. The third kappa shape index (κ3) is 3.23. The fourth-order valence-electron chi connectivity index (χ4n) is 3.51. The molecule has 2 aliphatic heterocycles. The minimum absolute atomic E-state index is 0.0523. The summed E-state index contributed by atoms with van der Waals surface area (Å²) in [7, 11) is 0. The van der Waals surface area contributed by atoms with Crippen molar-refractivity contribution in [1.82, 2.24) is 5.01 Å². The maximum Gasteiger partial charge on any atom is 0.188 e. The first kappa shape index (κ1) is 16.7. The molecule has 0 spiro atoms. The Morgan fingerprint density at radius 3 is 2.56 bits per heavy atom. The van der Waals surface area contributed by atoms with E-state index in [9.17, 15) is 0 Å². The monoisotopic (exact) mass is 374 g/mol. The second-order valence-electron chi connectivity index (χ2n) is 7.04. The summed E-state index contributed by atoms with van der Waals surface area (Å²) in [5.74, 6) is 1.44. The molecule has 2 aromatic carbocycles. The molecule has 0 fully saturated rings. The lowest BCUT2D eigenvalue weighted by Crippen LogP contribution is -2.41. The molecule has 4 rings (SSSR count). The fraction of sp³-hybridized carbons (Fsp3) is 0.350. The molecule has 0 saturated carbocycles. The van der Waals surface area contributed by atoms with Gasteiger partial charge >= 0.3 is 0 Å². The minimum Gasteiger partial charge on any atom is -0.469 e. The third-order valence-corrected chi connectivity index (χ3v) is 5.17. The second kappa shape index (κ2) is 6.54. The van der Waals surface area contributed by atoms with Crippen molar-refractivity contribution in [3.63, 3.8) is 0 Å². The van der Waals surface area contributed by atoms with Crippen molar-refractivity contribution in [1.29, 1.82) is 0 Å². The zero-order valence-corrected chi connectivity index (χ0v) is 15.8. The van der Waals surface area contributed by atoms with Gasteiger partial charge in [-0.3, -0.25) is 5.01 Å². The van der Waals surface area contributed by atoms with Gasteiger partial charge in [0.1, 0.15) is 5.75 Å². The number of nitrogens with zero attached hydrogens (tertiary/aromatic N) is 2. The van der Waals surface area contributed by atoms with Crippen molar-refractivity contribution in [3.8, 4) is 5.75 Å². The molecule has 0 amide bonds. The van der Waals surface area contributed by atoms with Crippen LogP contribution in [0, 0.1) is 5.92 Å². The van der Waals surface area contributed by atoms with E-state index in [2.05, 4.69) is 18.9 Å². The first-order valence-corrected chi connectivity index (χ1v) is 9.34. The number of benzene rings is 2. The van der Waals surface area contributed by atoms with Crippen molar-refractivity contribution in [3.05, 3.63) is 63.6 Å². The van der Waals surface area contributed by atoms with Gasteiger partial charge in [0.2, 0.25) is 0 Å². The van der Waals surface area contributed by atoms with E-state index < -0.39 is 0 Å². The molecule has 2 aromatic rings. The highest BCUT2D eigenvalue weighted by Gasteiger charge is 2.40. The van der Waals surface area contributed by atoms with Gasteiger partial charge in [-0.05, 0) is 41.8 Å².